The predicted octanol–water partition coefficient (Wildman–Crippen LogP) is -1.72. The van der Waals surface area contributed by atoms with Crippen LogP contribution in [0.25, 0.3) is 0 Å². The van der Waals surface area contributed by atoms with Crippen LogP contribution in [0.1, 0.15) is 0 Å². The van der Waals surface area contributed by atoms with Gasteiger partial charge in [-0.3, -0.25) is 0 Å². The molecule has 0 N–H and O–H groups in total. The van der Waals surface area contributed by atoms with Crippen LogP contribution in [0.15, 0.2) is 0 Å². The van der Waals surface area contributed by atoms with Crippen molar-refractivity contribution in [1.82, 2.24) is 0 Å². The molecule has 0 saturated carbocycles. The molecule has 0 bridgehead atoms. The van der Waals surface area contributed by atoms with Crippen molar-refractivity contribution in [2.75, 3.05) is 0 Å². The minimum absolute atomic E-state index is 0. The normalized spacial score (nSPS) is 0. The van der Waals surface area contributed by atoms with E-state index in [0.29, 0.717) is 0 Å². The first-order chi connectivity index (χ1) is 0. The third kappa shape index (κ3) is 8.98. The quantitative estimate of drug-likeness (QED) is 0.467. The van der Waals surface area contributed by atoms with Crippen molar-refractivity contribution in [3.63, 3.8) is 0 Å². The average molecular weight is 310 g/mol. The van der Waals surface area contributed by atoms with Gasteiger partial charge in [-0.05, 0) is 0 Å². The molecule has 0 unspecified atom stereocenters. The van der Waals surface area contributed by atoms with E-state index in [0.717, 1.165) is 0 Å². The summed E-state index contributed by atoms with van der Waals surface area (Å²) >= 11 is 0. The van der Waals surface area contributed by atoms with Gasteiger partial charge in [-0.2, -0.15) is 13.5 Å². The molecule has 0 saturated heterocycles. The molecule has 0 aliphatic rings. The van der Waals surface area contributed by atoms with Crippen molar-refractivity contribution in [2.24, 2.45) is 0 Å². The summed E-state index contributed by atoms with van der Waals surface area (Å²) in [5.74, 6) is 0. The summed E-state index contributed by atoms with van der Waals surface area (Å²) in [7, 11) is 0. The molecule has 0 spiro atoms. The fourth-order valence-electron chi connectivity index (χ4n) is 0. The summed E-state index contributed by atoms with van der Waals surface area (Å²) in [5, 5.41) is 0. The SMILES string of the molecule is S.[SnH2].[SrH2].[Zn]. The fourth-order valence-corrected chi connectivity index (χ4v) is 0. The van der Waals surface area contributed by atoms with E-state index in [1.54, 1.807) is 0 Å². The third-order valence-electron chi connectivity index (χ3n) is 0. The van der Waals surface area contributed by atoms with Gasteiger partial charge in [-0.25, -0.2) is 0 Å². The molecule has 0 aromatic rings. The minimum Gasteiger partial charge on any atom is 0 e. The van der Waals surface area contributed by atoms with E-state index in [2.05, 4.69) is 0 Å². The second-order valence-electron chi connectivity index (χ2n) is 0. The first kappa shape index (κ1) is 26.8. The van der Waals surface area contributed by atoms with Gasteiger partial charge >= 0.3 is 69.4 Å². The Kier molecular flexibility index (Phi) is 109. The molecule has 20 valence electrons. The zero-order chi connectivity index (χ0) is 0. The molecule has 0 aliphatic heterocycles. The van der Waals surface area contributed by atoms with Crippen LogP contribution in [0.3, 0.4) is 0 Å². The van der Waals surface area contributed by atoms with Crippen molar-refractivity contribution in [2.45, 2.75) is 0 Å². The fraction of sp³-hybridized carbons (Fsp3) is 0. The van der Waals surface area contributed by atoms with Crippen molar-refractivity contribution >= 4 is 82.9 Å². The Morgan fingerprint density at radius 1 is 1.00 bits per heavy atom. The minimum atomic E-state index is 0. The Morgan fingerprint density at radius 3 is 1.00 bits per heavy atom. The first-order valence-corrected chi connectivity index (χ1v) is 0. The zero-order valence-electron chi connectivity index (χ0n) is 1.91. The van der Waals surface area contributed by atoms with Gasteiger partial charge in [0.1, 0.15) is 0 Å². The van der Waals surface area contributed by atoms with Crippen molar-refractivity contribution in [3.05, 3.63) is 0 Å². The molecule has 0 aromatic carbocycles. The Hall–Kier alpha value is 3.25. The summed E-state index contributed by atoms with van der Waals surface area (Å²) in [5.41, 5.74) is 0. The molecular formula is H6SSnSrZn. The van der Waals surface area contributed by atoms with E-state index in [1.807, 2.05) is 0 Å². The second-order valence-corrected chi connectivity index (χ2v) is 0. The zero-order valence-corrected chi connectivity index (χ0v) is 9.92. The Balaban J connectivity index is 0. The molecule has 0 nitrogen and oxygen atoms in total. The maximum absolute atomic E-state index is 0. The molecule has 0 aliphatic carbocycles. The Bertz CT molecular complexity index is 8.00. The topological polar surface area (TPSA) is 0 Å². The van der Waals surface area contributed by atoms with Crippen molar-refractivity contribution < 1.29 is 19.5 Å². The van der Waals surface area contributed by atoms with Gasteiger partial charge in [-0.15, -0.1) is 0 Å². The average Bonchev–Trinajstić information content (AvgIpc) is 0. The molecule has 0 fully saturated rings. The third-order valence-corrected chi connectivity index (χ3v) is 0. The maximum atomic E-state index is 0. The number of hydrogen-bond acceptors (Lipinski definition) is 0. The number of hydrogen-bond donors (Lipinski definition) is 0. The van der Waals surface area contributed by atoms with Crippen molar-refractivity contribution in [1.29, 1.82) is 0 Å². The monoisotopic (exact) mass is 310 g/mol. The molecule has 0 rings (SSSR count). The molecular weight excluding hydrogens is 304 g/mol. The van der Waals surface area contributed by atoms with Crippen molar-refractivity contribution in [3.8, 4) is 0 Å². The molecule has 0 heterocycles. The van der Waals surface area contributed by atoms with Crippen LogP contribution in [0.5, 0.6) is 0 Å². The molecule has 0 atom stereocenters. The van der Waals surface area contributed by atoms with E-state index in [9.17, 15) is 0 Å². The van der Waals surface area contributed by atoms with Crippen LogP contribution in [0.2, 0.25) is 0 Å². The molecule has 0 aromatic heterocycles. The predicted molar refractivity (Wildman–Crippen MR) is 27.5 cm³/mol. The van der Waals surface area contributed by atoms with Gasteiger partial charge in [0.05, 0.1) is 0 Å². The van der Waals surface area contributed by atoms with Crippen LogP contribution in [0.4, 0.5) is 0 Å². The summed E-state index contributed by atoms with van der Waals surface area (Å²) < 4.78 is 0. The van der Waals surface area contributed by atoms with E-state index in [-0.39, 0.29) is 102 Å². The van der Waals surface area contributed by atoms with E-state index in [4.69, 9.17) is 0 Å². The van der Waals surface area contributed by atoms with Gasteiger partial charge in [0.25, 0.3) is 0 Å². The standard InChI is InChI=1S/H2S.Sn.Sr.Zn.4H/h1H2;;;;;;;. The maximum Gasteiger partial charge on any atom is 0 e. The van der Waals surface area contributed by atoms with Gasteiger partial charge in [0, 0.05) is 19.5 Å². The Labute approximate surface area is 99.9 Å². The number of rotatable bonds is 0. The van der Waals surface area contributed by atoms with Crippen LogP contribution in [0, 0.1) is 0 Å². The summed E-state index contributed by atoms with van der Waals surface area (Å²) in [6.45, 7) is 0. The largest absolute Gasteiger partial charge is 0 e. The smallest absolute Gasteiger partial charge is 0 e. The van der Waals surface area contributed by atoms with Crippen LogP contribution in [-0.2, 0) is 19.5 Å². The summed E-state index contributed by atoms with van der Waals surface area (Å²) in [4.78, 5) is 0. The van der Waals surface area contributed by atoms with E-state index < -0.39 is 0 Å². The molecule has 2 radical (unpaired) electrons. The molecule has 0 amide bonds. The van der Waals surface area contributed by atoms with Crippen LogP contribution < -0.4 is 0 Å². The Morgan fingerprint density at radius 2 is 1.00 bits per heavy atom. The molecule has 4 heteroatoms. The molecule has 4 heavy (non-hydrogen) atoms. The summed E-state index contributed by atoms with van der Waals surface area (Å²) in [6, 6.07) is 0. The summed E-state index contributed by atoms with van der Waals surface area (Å²) in [6.07, 6.45) is 0. The van der Waals surface area contributed by atoms with Crippen LogP contribution in [-0.4, -0.2) is 69.4 Å². The van der Waals surface area contributed by atoms with Crippen LogP contribution >= 0.6 is 13.5 Å². The van der Waals surface area contributed by atoms with Gasteiger partial charge in [-0.1, -0.05) is 0 Å². The first-order valence-electron chi connectivity index (χ1n) is 0. The van der Waals surface area contributed by atoms with E-state index in [1.165, 1.54) is 0 Å². The van der Waals surface area contributed by atoms with Gasteiger partial charge in [0.2, 0.25) is 0 Å². The van der Waals surface area contributed by atoms with Gasteiger partial charge in [0.15, 0.2) is 0 Å². The second kappa shape index (κ2) is 16.3. The van der Waals surface area contributed by atoms with Gasteiger partial charge < -0.3 is 0 Å². The van der Waals surface area contributed by atoms with E-state index >= 15 is 0 Å².